The standard InChI is InChI=1S/C6H10P2/c7-8-6-4-2-1-3-5-6/h1-2,4,8H,3,5,7H2. The van der Waals surface area contributed by atoms with E-state index < -0.39 is 0 Å². The fourth-order valence-corrected chi connectivity index (χ4v) is 1.93. The van der Waals surface area contributed by atoms with Gasteiger partial charge in [0.1, 0.15) is 0 Å². The molecule has 1 rings (SSSR count). The fraction of sp³-hybridized carbons (Fsp3) is 0.333. The van der Waals surface area contributed by atoms with E-state index in [9.17, 15) is 0 Å². The molecular formula is C6H10P2. The molecule has 0 aromatic heterocycles. The van der Waals surface area contributed by atoms with E-state index in [0.717, 1.165) is 8.27 Å². The Morgan fingerprint density at radius 3 is 2.88 bits per heavy atom. The minimum atomic E-state index is 0.934. The molecule has 2 unspecified atom stereocenters. The van der Waals surface area contributed by atoms with Crippen molar-refractivity contribution in [3.05, 3.63) is 23.5 Å². The molecule has 2 atom stereocenters. The summed E-state index contributed by atoms with van der Waals surface area (Å²) in [7, 11) is 3.71. The Morgan fingerprint density at radius 1 is 1.62 bits per heavy atom. The fourth-order valence-electron chi connectivity index (χ4n) is 0.723. The molecule has 44 valence electrons. The second-order valence-electron chi connectivity index (χ2n) is 1.80. The molecule has 0 aliphatic heterocycles. The molecule has 0 aromatic rings. The molecule has 0 bridgehead atoms. The average Bonchev–Trinajstić information content (AvgIpc) is 1.90. The van der Waals surface area contributed by atoms with Crippen LogP contribution in [0, 0.1) is 0 Å². The van der Waals surface area contributed by atoms with Gasteiger partial charge in [-0.05, 0) is 18.2 Å². The topological polar surface area (TPSA) is 0 Å². The molecule has 0 amide bonds. The van der Waals surface area contributed by atoms with Gasteiger partial charge in [-0.15, -0.1) is 8.93 Å². The van der Waals surface area contributed by atoms with Crippen molar-refractivity contribution in [1.29, 1.82) is 0 Å². The highest BCUT2D eigenvalue weighted by Crippen LogP contribution is 2.35. The van der Waals surface area contributed by atoms with Gasteiger partial charge in [0.2, 0.25) is 0 Å². The third-order valence-electron chi connectivity index (χ3n) is 1.20. The van der Waals surface area contributed by atoms with Crippen LogP contribution < -0.4 is 0 Å². The summed E-state index contributed by atoms with van der Waals surface area (Å²) in [6.07, 6.45) is 9.10. The maximum absolute atomic E-state index is 2.77. The molecular weight excluding hydrogens is 134 g/mol. The Labute approximate surface area is 54.3 Å². The lowest BCUT2D eigenvalue weighted by atomic mass is 10.2. The quantitative estimate of drug-likeness (QED) is 0.496. The first-order chi connectivity index (χ1) is 3.93. The Hall–Kier alpha value is 0.340. The van der Waals surface area contributed by atoms with Gasteiger partial charge in [-0.25, -0.2) is 0 Å². The van der Waals surface area contributed by atoms with Gasteiger partial charge in [-0.1, -0.05) is 26.5 Å². The third kappa shape index (κ3) is 1.69. The van der Waals surface area contributed by atoms with Crippen LogP contribution in [0.5, 0.6) is 0 Å². The normalized spacial score (nSPS) is 19.9. The van der Waals surface area contributed by atoms with Crippen LogP contribution in [0.3, 0.4) is 0 Å². The Bertz CT molecular complexity index is 124. The van der Waals surface area contributed by atoms with E-state index in [1.165, 1.54) is 12.8 Å². The molecule has 0 N–H and O–H groups in total. The lowest BCUT2D eigenvalue weighted by molar-refractivity contribution is 1.02. The maximum atomic E-state index is 2.77. The average molecular weight is 144 g/mol. The van der Waals surface area contributed by atoms with Gasteiger partial charge >= 0.3 is 0 Å². The highest BCUT2D eigenvalue weighted by atomic mass is 32.0. The zero-order valence-corrected chi connectivity index (χ0v) is 6.88. The Kier molecular flexibility index (Phi) is 2.73. The Morgan fingerprint density at radius 2 is 2.50 bits per heavy atom. The SMILES string of the molecule is PPC1=CC=CCC1. The lowest BCUT2D eigenvalue weighted by Gasteiger charge is -2.03. The van der Waals surface area contributed by atoms with Crippen molar-refractivity contribution < 1.29 is 0 Å². The molecule has 2 heteroatoms. The summed E-state index contributed by atoms with van der Waals surface area (Å²) >= 11 is 0. The monoisotopic (exact) mass is 144 g/mol. The Balaban J connectivity index is 2.50. The first kappa shape index (κ1) is 6.46. The van der Waals surface area contributed by atoms with Crippen LogP contribution in [-0.4, -0.2) is 0 Å². The molecule has 0 saturated carbocycles. The minimum absolute atomic E-state index is 0.934. The summed E-state index contributed by atoms with van der Waals surface area (Å²) in [6, 6.07) is 0. The van der Waals surface area contributed by atoms with Crippen LogP contribution in [0.15, 0.2) is 23.5 Å². The molecule has 1 aliphatic rings. The smallest absolute Gasteiger partial charge is 0.0239 e. The van der Waals surface area contributed by atoms with Gasteiger partial charge in [0, 0.05) is 0 Å². The first-order valence-electron chi connectivity index (χ1n) is 2.76. The number of hydrogen-bond donors (Lipinski definition) is 0. The summed E-state index contributed by atoms with van der Waals surface area (Å²) in [4.78, 5) is 0. The van der Waals surface area contributed by atoms with Crippen molar-refractivity contribution in [3.63, 3.8) is 0 Å². The van der Waals surface area contributed by atoms with Crippen molar-refractivity contribution >= 4 is 17.2 Å². The van der Waals surface area contributed by atoms with Gasteiger partial charge in [-0.3, -0.25) is 0 Å². The van der Waals surface area contributed by atoms with Gasteiger partial charge in [-0.2, -0.15) is 0 Å². The van der Waals surface area contributed by atoms with E-state index in [4.69, 9.17) is 0 Å². The molecule has 0 spiro atoms. The van der Waals surface area contributed by atoms with E-state index in [2.05, 4.69) is 27.2 Å². The molecule has 0 radical (unpaired) electrons. The third-order valence-corrected chi connectivity index (χ3v) is 3.10. The van der Waals surface area contributed by atoms with Gasteiger partial charge < -0.3 is 0 Å². The summed E-state index contributed by atoms with van der Waals surface area (Å²) in [5.41, 5.74) is 0. The summed E-state index contributed by atoms with van der Waals surface area (Å²) in [6.45, 7) is 0. The second-order valence-corrected chi connectivity index (χ2v) is 3.60. The highest BCUT2D eigenvalue weighted by molar-refractivity contribution is 8.05. The second kappa shape index (κ2) is 3.38. The minimum Gasteiger partial charge on any atom is -0.110 e. The number of allylic oxidation sites excluding steroid dienone is 4. The molecule has 1 aliphatic carbocycles. The van der Waals surface area contributed by atoms with Crippen LogP contribution >= 0.6 is 17.2 Å². The van der Waals surface area contributed by atoms with E-state index in [0.29, 0.717) is 0 Å². The predicted molar refractivity (Wildman–Crippen MR) is 44.5 cm³/mol. The highest BCUT2D eigenvalue weighted by Gasteiger charge is 1.93. The first-order valence-corrected chi connectivity index (χ1v) is 5.57. The zero-order valence-electron chi connectivity index (χ0n) is 4.72. The lowest BCUT2D eigenvalue weighted by Crippen LogP contribution is -1.76. The van der Waals surface area contributed by atoms with Crippen molar-refractivity contribution in [2.75, 3.05) is 0 Å². The van der Waals surface area contributed by atoms with Gasteiger partial charge in [0.15, 0.2) is 0 Å². The maximum Gasteiger partial charge on any atom is -0.0239 e. The number of rotatable bonds is 1. The molecule has 0 heterocycles. The molecule has 0 fully saturated rings. The van der Waals surface area contributed by atoms with E-state index in [1.54, 1.807) is 5.31 Å². The van der Waals surface area contributed by atoms with Crippen molar-refractivity contribution in [2.24, 2.45) is 0 Å². The summed E-state index contributed by atoms with van der Waals surface area (Å²) in [5, 5.41) is 1.58. The van der Waals surface area contributed by atoms with Crippen molar-refractivity contribution in [3.8, 4) is 0 Å². The summed E-state index contributed by atoms with van der Waals surface area (Å²) < 4.78 is 0. The predicted octanol–water partition coefficient (Wildman–Crippen LogP) is 2.69. The largest absolute Gasteiger partial charge is 0.110 e. The van der Waals surface area contributed by atoms with Crippen LogP contribution in [0.25, 0.3) is 0 Å². The van der Waals surface area contributed by atoms with E-state index in [1.807, 2.05) is 0 Å². The van der Waals surface area contributed by atoms with Gasteiger partial charge in [0.05, 0.1) is 0 Å². The van der Waals surface area contributed by atoms with Gasteiger partial charge in [0.25, 0.3) is 0 Å². The van der Waals surface area contributed by atoms with Crippen LogP contribution in [0.2, 0.25) is 0 Å². The molecule has 0 saturated heterocycles. The zero-order chi connectivity index (χ0) is 5.82. The van der Waals surface area contributed by atoms with Crippen molar-refractivity contribution in [1.82, 2.24) is 0 Å². The van der Waals surface area contributed by atoms with Crippen LogP contribution in [0.4, 0.5) is 0 Å². The van der Waals surface area contributed by atoms with E-state index >= 15 is 0 Å². The molecule has 0 aromatic carbocycles. The number of hydrogen-bond acceptors (Lipinski definition) is 0. The molecule has 8 heavy (non-hydrogen) atoms. The van der Waals surface area contributed by atoms with Crippen LogP contribution in [-0.2, 0) is 0 Å². The van der Waals surface area contributed by atoms with E-state index in [-0.39, 0.29) is 0 Å². The molecule has 0 nitrogen and oxygen atoms in total. The van der Waals surface area contributed by atoms with Crippen LogP contribution in [0.1, 0.15) is 12.8 Å². The van der Waals surface area contributed by atoms with Crippen molar-refractivity contribution in [2.45, 2.75) is 12.8 Å². The summed E-state index contributed by atoms with van der Waals surface area (Å²) in [5.74, 6) is 0.